The fraction of sp³-hybridized carbons (Fsp3) is 0.458. The predicted molar refractivity (Wildman–Crippen MR) is 118 cm³/mol. The van der Waals surface area contributed by atoms with Gasteiger partial charge in [-0.15, -0.1) is 0 Å². The van der Waals surface area contributed by atoms with Crippen LogP contribution in [0.25, 0.3) is 0 Å². The molecule has 32 heavy (non-hydrogen) atoms. The number of halogens is 3. The average Bonchev–Trinajstić information content (AvgIpc) is 3.18. The van der Waals surface area contributed by atoms with Crippen LogP contribution in [-0.2, 0) is 33.4 Å². The molecular weight excluding hydrogens is 418 g/mol. The summed E-state index contributed by atoms with van der Waals surface area (Å²) in [5, 5.41) is 0. The molecule has 0 unspecified atom stereocenters. The topological polar surface area (TPSA) is 38.8 Å². The average molecular weight is 445 g/mol. The molecule has 4 rings (SSSR count). The zero-order chi connectivity index (χ0) is 23.3. The number of carbonyl (C=O) groups is 1. The molecule has 0 aromatic heterocycles. The predicted octanol–water partition coefficient (Wildman–Crippen LogP) is 4.22. The maximum absolute atomic E-state index is 12.9. The van der Waals surface area contributed by atoms with Gasteiger partial charge in [0.15, 0.2) is 0 Å². The summed E-state index contributed by atoms with van der Waals surface area (Å²) in [5.74, 6) is -0.128. The zero-order valence-corrected chi connectivity index (χ0v) is 18.8. The molecule has 0 aliphatic carbocycles. The lowest BCUT2D eigenvalue weighted by Crippen LogP contribution is -2.41. The van der Waals surface area contributed by atoms with Crippen LogP contribution in [0.3, 0.4) is 0 Å². The van der Waals surface area contributed by atoms with Crippen LogP contribution in [0.1, 0.15) is 44.4 Å². The first-order valence-corrected chi connectivity index (χ1v) is 10.8. The molecule has 0 radical (unpaired) electrons. The largest absolute Gasteiger partial charge is 0.494 e. The molecule has 2 aromatic rings. The number of fused-ring (bicyclic) bond motifs is 1. The van der Waals surface area contributed by atoms with Gasteiger partial charge >= 0.3 is 13.3 Å². The molecule has 2 aromatic carbocycles. The fourth-order valence-electron chi connectivity index (χ4n) is 4.16. The molecule has 4 nitrogen and oxygen atoms in total. The smallest absolute Gasteiger partial charge is 0.399 e. The first kappa shape index (κ1) is 22.9. The van der Waals surface area contributed by atoms with Gasteiger partial charge in [-0.1, -0.05) is 36.4 Å². The molecule has 1 amide bonds. The van der Waals surface area contributed by atoms with Crippen LogP contribution in [0, 0.1) is 0 Å². The number of amides is 1. The van der Waals surface area contributed by atoms with E-state index in [1.165, 1.54) is 12.1 Å². The third kappa shape index (κ3) is 4.57. The van der Waals surface area contributed by atoms with E-state index < -0.39 is 30.9 Å². The molecule has 0 bridgehead atoms. The maximum Gasteiger partial charge on any atom is 0.494 e. The molecule has 0 saturated carbocycles. The number of nitrogens with zero attached hydrogens (tertiary/aromatic N) is 1. The van der Waals surface area contributed by atoms with E-state index in [9.17, 15) is 18.0 Å². The Labute approximate surface area is 186 Å². The highest BCUT2D eigenvalue weighted by Crippen LogP contribution is 2.37. The molecule has 170 valence electrons. The van der Waals surface area contributed by atoms with Gasteiger partial charge in [0, 0.05) is 12.2 Å². The maximum atomic E-state index is 12.9. The third-order valence-electron chi connectivity index (χ3n) is 6.58. The second kappa shape index (κ2) is 7.92. The molecule has 1 fully saturated rings. The van der Waals surface area contributed by atoms with E-state index in [2.05, 4.69) is 0 Å². The van der Waals surface area contributed by atoms with Gasteiger partial charge in [-0.05, 0) is 62.3 Å². The number of hydrogen-bond acceptors (Lipinski definition) is 3. The van der Waals surface area contributed by atoms with E-state index in [1.807, 2.05) is 45.9 Å². The normalized spacial score (nSPS) is 19.3. The van der Waals surface area contributed by atoms with Crippen molar-refractivity contribution >= 4 is 24.2 Å². The quantitative estimate of drug-likeness (QED) is 0.662. The van der Waals surface area contributed by atoms with Crippen molar-refractivity contribution in [2.75, 3.05) is 11.4 Å². The van der Waals surface area contributed by atoms with Gasteiger partial charge in [0.2, 0.25) is 5.91 Å². The number of benzene rings is 2. The number of alkyl halides is 3. The van der Waals surface area contributed by atoms with Crippen LogP contribution in [0.2, 0.25) is 0 Å². The Hall–Kier alpha value is -2.32. The van der Waals surface area contributed by atoms with Gasteiger partial charge in [0.05, 0.1) is 24.0 Å². The molecule has 0 atom stereocenters. The fourth-order valence-corrected chi connectivity index (χ4v) is 4.16. The second-order valence-corrected chi connectivity index (χ2v) is 9.56. The summed E-state index contributed by atoms with van der Waals surface area (Å²) >= 11 is 0. The number of hydrogen-bond donors (Lipinski definition) is 0. The summed E-state index contributed by atoms with van der Waals surface area (Å²) in [7, 11) is -0.466. The summed E-state index contributed by atoms with van der Waals surface area (Å²) in [4.78, 5) is 14.6. The van der Waals surface area contributed by atoms with Crippen molar-refractivity contribution in [1.82, 2.24) is 0 Å². The first-order chi connectivity index (χ1) is 14.8. The first-order valence-electron chi connectivity index (χ1n) is 10.8. The van der Waals surface area contributed by atoms with Gasteiger partial charge in [-0.2, -0.15) is 13.2 Å². The Balaban J connectivity index is 1.47. The number of rotatable bonds is 4. The molecular formula is C24H27BF3NO3. The van der Waals surface area contributed by atoms with E-state index in [4.69, 9.17) is 9.31 Å². The minimum absolute atomic E-state index is 0.0596. The highest BCUT2D eigenvalue weighted by atomic mass is 19.4. The second-order valence-electron chi connectivity index (χ2n) is 9.56. The highest BCUT2D eigenvalue weighted by molar-refractivity contribution is 6.62. The number of carbonyl (C=O) groups excluding carboxylic acids is 1. The van der Waals surface area contributed by atoms with Crippen molar-refractivity contribution in [3.8, 4) is 0 Å². The molecule has 1 saturated heterocycles. The van der Waals surface area contributed by atoms with Crippen molar-refractivity contribution in [3.63, 3.8) is 0 Å². The Bertz CT molecular complexity index is 1020. The zero-order valence-electron chi connectivity index (χ0n) is 18.8. The van der Waals surface area contributed by atoms with E-state index in [1.54, 1.807) is 17.0 Å². The molecule has 0 spiro atoms. The van der Waals surface area contributed by atoms with E-state index >= 15 is 0 Å². The van der Waals surface area contributed by atoms with Gasteiger partial charge in [0.25, 0.3) is 0 Å². The SMILES string of the molecule is CC1(C)OB(c2ccc3c(c2)CCN3C(=O)Cc2cccc(CC(F)(F)F)c2)OC1(C)C. The van der Waals surface area contributed by atoms with Crippen molar-refractivity contribution in [1.29, 1.82) is 0 Å². The molecule has 8 heteroatoms. The molecule has 2 aliphatic rings. The summed E-state index contributed by atoms with van der Waals surface area (Å²) in [6.07, 6.45) is -4.50. The van der Waals surface area contributed by atoms with E-state index in [-0.39, 0.29) is 17.9 Å². The van der Waals surface area contributed by atoms with Crippen LogP contribution in [0.5, 0.6) is 0 Å². The van der Waals surface area contributed by atoms with Crippen LogP contribution in [0.4, 0.5) is 18.9 Å². The van der Waals surface area contributed by atoms with Gasteiger partial charge < -0.3 is 14.2 Å². The minimum Gasteiger partial charge on any atom is -0.399 e. The van der Waals surface area contributed by atoms with Crippen molar-refractivity contribution in [2.24, 2.45) is 0 Å². The van der Waals surface area contributed by atoms with Gasteiger partial charge in [-0.3, -0.25) is 4.79 Å². The van der Waals surface area contributed by atoms with Crippen LogP contribution >= 0.6 is 0 Å². The summed E-state index contributed by atoms with van der Waals surface area (Å²) < 4.78 is 50.3. The Morgan fingerprint density at radius 3 is 2.34 bits per heavy atom. The Kier molecular flexibility index (Phi) is 5.66. The lowest BCUT2D eigenvalue weighted by atomic mass is 9.78. The minimum atomic E-state index is -4.27. The van der Waals surface area contributed by atoms with Crippen LogP contribution in [0.15, 0.2) is 42.5 Å². The Morgan fingerprint density at radius 2 is 1.69 bits per heavy atom. The summed E-state index contributed by atoms with van der Waals surface area (Å²) in [5.41, 5.74) is 2.67. The highest BCUT2D eigenvalue weighted by Gasteiger charge is 2.51. The van der Waals surface area contributed by atoms with Crippen molar-refractivity contribution in [2.45, 2.75) is 64.3 Å². The summed E-state index contributed by atoms with van der Waals surface area (Å²) in [6, 6.07) is 12.0. The van der Waals surface area contributed by atoms with Gasteiger partial charge in [-0.25, -0.2) is 0 Å². The molecule has 0 N–H and O–H groups in total. The third-order valence-corrected chi connectivity index (χ3v) is 6.58. The van der Waals surface area contributed by atoms with E-state index in [0.717, 1.165) is 16.7 Å². The van der Waals surface area contributed by atoms with Crippen molar-refractivity contribution < 1.29 is 27.3 Å². The standard InChI is InChI=1S/C24H27BF3NO3/c1-22(2)23(3,4)32-25(31-22)19-8-9-20-18(14-19)10-11-29(20)21(30)13-16-6-5-7-17(12-16)15-24(26,27)28/h5-9,12,14H,10-11,13,15H2,1-4H3. The lowest BCUT2D eigenvalue weighted by Gasteiger charge is -2.32. The van der Waals surface area contributed by atoms with Crippen molar-refractivity contribution in [3.05, 3.63) is 59.2 Å². The van der Waals surface area contributed by atoms with E-state index in [0.29, 0.717) is 18.5 Å². The van der Waals surface area contributed by atoms with Gasteiger partial charge in [0.1, 0.15) is 0 Å². The lowest BCUT2D eigenvalue weighted by molar-refractivity contribution is -0.127. The number of anilines is 1. The monoisotopic (exact) mass is 445 g/mol. The molecule has 2 heterocycles. The van der Waals surface area contributed by atoms with Crippen LogP contribution in [-0.4, -0.2) is 36.9 Å². The van der Waals surface area contributed by atoms with Crippen LogP contribution < -0.4 is 10.4 Å². The molecule has 2 aliphatic heterocycles. The summed E-state index contributed by atoms with van der Waals surface area (Å²) in [6.45, 7) is 8.56. The Morgan fingerprint density at radius 1 is 1.03 bits per heavy atom.